The van der Waals surface area contributed by atoms with E-state index in [9.17, 15) is 18.0 Å². The van der Waals surface area contributed by atoms with Crippen molar-refractivity contribution in [3.8, 4) is 0 Å². The molecule has 2 rings (SSSR count). The van der Waals surface area contributed by atoms with E-state index in [-0.39, 0.29) is 18.5 Å². The molecule has 0 N–H and O–H groups in total. The van der Waals surface area contributed by atoms with Crippen LogP contribution in [0.1, 0.15) is 44.1 Å². The predicted octanol–water partition coefficient (Wildman–Crippen LogP) is 4.10. The number of hydrogen-bond donors (Lipinski definition) is 0. The van der Waals surface area contributed by atoms with Gasteiger partial charge in [0.05, 0.1) is 12.1 Å². The highest BCUT2D eigenvalue weighted by Gasteiger charge is 2.30. The number of hydrogen-bond acceptors (Lipinski definition) is 2. The van der Waals surface area contributed by atoms with Crippen LogP contribution in [-0.4, -0.2) is 26.4 Å². The Balaban J connectivity index is 2.21. The lowest BCUT2D eigenvalue weighted by Crippen LogP contribution is -2.36. The molecule has 0 aliphatic carbocycles. The van der Waals surface area contributed by atoms with Gasteiger partial charge < -0.3 is 9.47 Å². The number of halogens is 3. The molecular formula is C18H22F3N3O. The van der Waals surface area contributed by atoms with Gasteiger partial charge in [0, 0.05) is 31.4 Å². The topological polar surface area (TPSA) is 38.1 Å². The minimum Gasteiger partial charge on any atom is -0.333 e. The Labute approximate surface area is 145 Å². The van der Waals surface area contributed by atoms with Crippen molar-refractivity contribution in [1.29, 1.82) is 0 Å². The van der Waals surface area contributed by atoms with Crippen LogP contribution in [-0.2, 0) is 24.1 Å². The van der Waals surface area contributed by atoms with Crippen molar-refractivity contribution in [2.24, 2.45) is 0 Å². The molecule has 4 nitrogen and oxygen atoms in total. The summed E-state index contributed by atoms with van der Waals surface area (Å²) >= 11 is 0. The first-order chi connectivity index (χ1) is 11.7. The lowest BCUT2D eigenvalue weighted by atomic mass is 10.1. The van der Waals surface area contributed by atoms with Gasteiger partial charge in [0.15, 0.2) is 0 Å². The van der Waals surface area contributed by atoms with Crippen molar-refractivity contribution < 1.29 is 18.0 Å². The van der Waals surface area contributed by atoms with Crippen molar-refractivity contribution in [3.05, 3.63) is 53.6 Å². The molecule has 0 atom stereocenters. The molecule has 0 saturated carbocycles. The third-order valence-corrected chi connectivity index (χ3v) is 3.97. The first-order valence-corrected chi connectivity index (χ1v) is 8.18. The summed E-state index contributed by atoms with van der Waals surface area (Å²) in [7, 11) is 0. The van der Waals surface area contributed by atoms with Gasteiger partial charge in [-0.05, 0) is 31.5 Å². The molecule has 25 heavy (non-hydrogen) atoms. The Bertz CT molecular complexity index is 722. The fourth-order valence-corrected chi connectivity index (χ4v) is 2.59. The van der Waals surface area contributed by atoms with Crippen molar-refractivity contribution in [1.82, 2.24) is 14.5 Å². The third kappa shape index (κ3) is 4.84. The molecule has 0 saturated heterocycles. The fourth-order valence-electron chi connectivity index (χ4n) is 2.59. The SMILES string of the molecule is CCC(=O)N(Cc1nccn1Cc1cccc(C(F)(F)F)c1)C(C)C. The maximum atomic E-state index is 12.9. The quantitative estimate of drug-likeness (QED) is 0.784. The molecule has 1 aromatic heterocycles. The zero-order valence-electron chi connectivity index (χ0n) is 14.5. The van der Waals surface area contributed by atoms with E-state index in [1.165, 1.54) is 6.07 Å². The molecule has 1 heterocycles. The highest BCUT2D eigenvalue weighted by atomic mass is 19.4. The first kappa shape index (κ1) is 19.0. The summed E-state index contributed by atoms with van der Waals surface area (Å²) in [5.41, 5.74) is -0.136. The minimum atomic E-state index is -4.37. The number of alkyl halides is 3. The van der Waals surface area contributed by atoms with Crippen LogP contribution in [0.2, 0.25) is 0 Å². The molecule has 0 aliphatic heterocycles. The smallest absolute Gasteiger partial charge is 0.333 e. The number of carbonyl (C=O) groups is 1. The van der Waals surface area contributed by atoms with E-state index in [4.69, 9.17) is 0 Å². The zero-order valence-corrected chi connectivity index (χ0v) is 14.5. The molecular weight excluding hydrogens is 331 g/mol. The molecule has 0 bridgehead atoms. The zero-order chi connectivity index (χ0) is 18.6. The molecule has 0 unspecified atom stereocenters. The highest BCUT2D eigenvalue weighted by molar-refractivity contribution is 5.76. The summed E-state index contributed by atoms with van der Waals surface area (Å²) in [6.45, 7) is 6.25. The van der Waals surface area contributed by atoms with Crippen molar-refractivity contribution >= 4 is 5.91 Å². The number of nitrogens with zero attached hydrogens (tertiary/aromatic N) is 3. The molecule has 136 valence electrons. The number of benzene rings is 1. The molecule has 2 aromatic rings. The largest absolute Gasteiger partial charge is 0.416 e. The van der Waals surface area contributed by atoms with E-state index in [2.05, 4.69) is 4.98 Å². The molecule has 0 aliphatic rings. The van der Waals surface area contributed by atoms with Crippen LogP contribution >= 0.6 is 0 Å². The van der Waals surface area contributed by atoms with Gasteiger partial charge in [-0.3, -0.25) is 4.79 Å². The first-order valence-electron chi connectivity index (χ1n) is 8.18. The highest BCUT2D eigenvalue weighted by Crippen LogP contribution is 2.29. The van der Waals surface area contributed by atoms with Crippen LogP contribution in [0.15, 0.2) is 36.7 Å². The molecule has 0 spiro atoms. The van der Waals surface area contributed by atoms with Crippen LogP contribution in [0.4, 0.5) is 13.2 Å². The lowest BCUT2D eigenvalue weighted by molar-refractivity contribution is -0.137. The van der Waals surface area contributed by atoms with Crippen molar-refractivity contribution in [3.63, 3.8) is 0 Å². The van der Waals surface area contributed by atoms with Crippen LogP contribution in [0.5, 0.6) is 0 Å². The number of carbonyl (C=O) groups excluding carboxylic acids is 1. The normalized spacial score (nSPS) is 11.8. The van der Waals surface area contributed by atoms with E-state index >= 15 is 0 Å². The average molecular weight is 353 g/mol. The number of rotatable bonds is 6. The van der Waals surface area contributed by atoms with Crippen molar-refractivity contribution in [2.45, 2.75) is 52.5 Å². The number of imidazole rings is 1. The lowest BCUT2D eigenvalue weighted by Gasteiger charge is -2.26. The minimum absolute atomic E-state index is 0.0172. The Hall–Kier alpha value is -2.31. The maximum Gasteiger partial charge on any atom is 0.416 e. The predicted molar refractivity (Wildman–Crippen MR) is 88.8 cm³/mol. The summed E-state index contributed by atoms with van der Waals surface area (Å²) in [5, 5.41) is 0. The van der Waals surface area contributed by atoms with Gasteiger partial charge in [-0.25, -0.2) is 4.98 Å². The van der Waals surface area contributed by atoms with Gasteiger partial charge in [-0.1, -0.05) is 19.1 Å². The summed E-state index contributed by atoms with van der Waals surface area (Å²) in [5.74, 6) is 0.663. The Morgan fingerprint density at radius 2 is 2.04 bits per heavy atom. The van der Waals surface area contributed by atoms with Crippen LogP contribution < -0.4 is 0 Å². The molecule has 1 aromatic carbocycles. The summed E-state index contributed by atoms with van der Waals surface area (Å²) in [6.07, 6.45) is -0.662. The van der Waals surface area contributed by atoms with Crippen LogP contribution in [0.3, 0.4) is 0 Å². The Morgan fingerprint density at radius 1 is 1.32 bits per heavy atom. The Kier molecular flexibility index (Phi) is 5.87. The second-order valence-corrected chi connectivity index (χ2v) is 6.14. The van der Waals surface area contributed by atoms with Gasteiger partial charge in [-0.2, -0.15) is 13.2 Å². The standard InChI is InChI=1S/C18H22F3N3O/c1-4-17(25)24(13(2)3)12-16-22-8-9-23(16)11-14-6-5-7-15(10-14)18(19,20)21/h5-10,13H,4,11-12H2,1-3H3. The summed E-state index contributed by atoms with van der Waals surface area (Å²) < 4.78 is 40.3. The van der Waals surface area contributed by atoms with E-state index in [1.807, 2.05) is 13.8 Å². The van der Waals surface area contributed by atoms with Crippen LogP contribution in [0, 0.1) is 0 Å². The second kappa shape index (κ2) is 7.72. The van der Waals surface area contributed by atoms with Gasteiger partial charge in [-0.15, -0.1) is 0 Å². The number of amides is 1. The van der Waals surface area contributed by atoms with Crippen molar-refractivity contribution in [2.75, 3.05) is 0 Å². The fraction of sp³-hybridized carbons (Fsp3) is 0.444. The third-order valence-electron chi connectivity index (χ3n) is 3.97. The van der Waals surface area contributed by atoms with Gasteiger partial charge >= 0.3 is 6.18 Å². The molecule has 0 fully saturated rings. The van der Waals surface area contributed by atoms with Gasteiger partial charge in [0.25, 0.3) is 0 Å². The molecule has 7 heteroatoms. The second-order valence-electron chi connectivity index (χ2n) is 6.14. The van der Waals surface area contributed by atoms with E-state index in [1.54, 1.807) is 34.9 Å². The van der Waals surface area contributed by atoms with Gasteiger partial charge in [0.1, 0.15) is 5.82 Å². The van der Waals surface area contributed by atoms with E-state index in [0.717, 1.165) is 12.1 Å². The molecule has 0 radical (unpaired) electrons. The van der Waals surface area contributed by atoms with Crippen LogP contribution in [0.25, 0.3) is 0 Å². The monoisotopic (exact) mass is 353 g/mol. The average Bonchev–Trinajstić information content (AvgIpc) is 2.98. The Morgan fingerprint density at radius 3 is 2.64 bits per heavy atom. The van der Waals surface area contributed by atoms with Gasteiger partial charge in [0.2, 0.25) is 5.91 Å². The molecule has 1 amide bonds. The van der Waals surface area contributed by atoms with E-state index in [0.29, 0.717) is 24.4 Å². The maximum absolute atomic E-state index is 12.9. The summed E-state index contributed by atoms with van der Waals surface area (Å²) in [4.78, 5) is 18.1. The summed E-state index contributed by atoms with van der Waals surface area (Å²) in [6, 6.07) is 5.26. The number of aromatic nitrogens is 2. The van der Waals surface area contributed by atoms with E-state index < -0.39 is 11.7 Å².